The highest BCUT2D eigenvalue weighted by Gasteiger charge is 2.44. The standard InChI is InChI=1S/C19H29N3O3S/c1-21-11-8-19(9-12-21)7-4-10-22(19)18(23)20-14-16-5-3-6-17(13-16)15-26(2,24)25/h3,5-6,13H,4,7-12,14-15H2,1-2H3,(H,20,23). The van der Waals surface area contributed by atoms with Gasteiger partial charge in [-0.05, 0) is 43.9 Å². The van der Waals surface area contributed by atoms with Crippen LogP contribution in [-0.4, -0.2) is 62.7 Å². The maximum absolute atomic E-state index is 12.8. The Morgan fingerprint density at radius 2 is 1.85 bits per heavy atom. The van der Waals surface area contributed by atoms with Gasteiger partial charge in [-0.15, -0.1) is 0 Å². The van der Waals surface area contributed by atoms with Crippen LogP contribution in [0.25, 0.3) is 0 Å². The molecule has 0 aliphatic carbocycles. The Balaban J connectivity index is 1.61. The number of hydrogen-bond acceptors (Lipinski definition) is 4. The van der Waals surface area contributed by atoms with Crippen LogP contribution in [0.5, 0.6) is 0 Å². The van der Waals surface area contributed by atoms with E-state index >= 15 is 0 Å². The number of piperidine rings is 1. The predicted octanol–water partition coefficient (Wildman–Crippen LogP) is 2.00. The summed E-state index contributed by atoms with van der Waals surface area (Å²) in [6.07, 6.45) is 5.48. The lowest BCUT2D eigenvalue weighted by Gasteiger charge is -2.44. The van der Waals surface area contributed by atoms with E-state index in [-0.39, 0.29) is 17.3 Å². The van der Waals surface area contributed by atoms with Gasteiger partial charge in [0.2, 0.25) is 0 Å². The number of amides is 2. The van der Waals surface area contributed by atoms with Crippen LogP contribution < -0.4 is 5.32 Å². The highest BCUT2D eigenvalue weighted by atomic mass is 32.2. The molecule has 0 aromatic heterocycles. The van der Waals surface area contributed by atoms with Crippen molar-refractivity contribution in [2.75, 3.05) is 32.9 Å². The smallest absolute Gasteiger partial charge is 0.318 e. The minimum atomic E-state index is -3.06. The number of sulfone groups is 1. The molecular formula is C19H29N3O3S. The summed E-state index contributed by atoms with van der Waals surface area (Å²) in [4.78, 5) is 17.2. The first-order valence-electron chi connectivity index (χ1n) is 9.27. The molecule has 2 aliphatic heterocycles. The van der Waals surface area contributed by atoms with Crippen molar-refractivity contribution in [1.29, 1.82) is 0 Å². The third kappa shape index (κ3) is 4.57. The molecule has 2 heterocycles. The molecule has 1 aromatic rings. The van der Waals surface area contributed by atoms with E-state index in [0.717, 1.165) is 56.4 Å². The predicted molar refractivity (Wildman–Crippen MR) is 103 cm³/mol. The molecule has 1 aromatic carbocycles. The summed E-state index contributed by atoms with van der Waals surface area (Å²) >= 11 is 0. The van der Waals surface area contributed by atoms with Crippen LogP contribution in [0.3, 0.4) is 0 Å². The number of nitrogens with zero attached hydrogens (tertiary/aromatic N) is 2. The zero-order valence-corrected chi connectivity index (χ0v) is 16.5. The normalized spacial score (nSPS) is 20.5. The number of rotatable bonds is 4. The van der Waals surface area contributed by atoms with Gasteiger partial charge in [0.1, 0.15) is 0 Å². The molecule has 7 heteroatoms. The van der Waals surface area contributed by atoms with Crippen molar-refractivity contribution >= 4 is 15.9 Å². The fourth-order valence-corrected chi connectivity index (χ4v) is 5.00. The zero-order valence-electron chi connectivity index (χ0n) is 15.7. The van der Waals surface area contributed by atoms with Crippen molar-refractivity contribution in [2.45, 2.75) is 43.5 Å². The number of carbonyl (C=O) groups excluding carboxylic acids is 1. The van der Waals surface area contributed by atoms with E-state index in [4.69, 9.17) is 0 Å². The molecule has 0 atom stereocenters. The Labute approximate surface area is 156 Å². The molecule has 2 aliphatic rings. The second-order valence-corrected chi connectivity index (χ2v) is 9.97. The van der Waals surface area contributed by atoms with Crippen molar-refractivity contribution in [3.8, 4) is 0 Å². The van der Waals surface area contributed by atoms with Gasteiger partial charge in [-0.25, -0.2) is 13.2 Å². The Kier molecular flexibility index (Phi) is 5.58. The van der Waals surface area contributed by atoms with Crippen molar-refractivity contribution in [1.82, 2.24) is 15.1 Å². The maximum atomic E-state index is 12.8. The molecule has 1 spiro atoms. The SMILES string of the molecule is CN1CCC2(CCCN2C(=O)NCc2cccc(CS(C)(=O)=O)c2)CC1. The molecule has 0 saturated carbocycles. The van der Waals surface area contributed by atoms with Gasteiger partial charge in [-0.2, -0.15) is 0 Å². The lowest BCUT2D eigenvalue weighted by Crippen LogP contribution is -2.55. The van der Waals surface area contributed by atoms with Crippen LogP contribution in [0.15, 0.2) is 24.3 Å². The Morgan fingerprint density at radius 1 is 1.15 bits per heavy atom. The number of benzene rings is 1. The van der Waals surface area contributed by atoms with Crippen LogP contribution in [0.2, 0.25) is 0 Å². The quantitative estimate of drug-likeness (QED) is 0.869. The molecule has 0 bridgehead atoms. The Bertz CT molecular complexity index is 755. The summed E-state index contributed by atoms with van der Waals surface area (Å²) < 4.78 is 22.9. The summed E-state index contributed by atoms with van der Waals surface area (Å²) in [5.41, 5.74) is 1.71. The molecule has 0 radical (unpaired) electrons. The van der Waals surface area contributed by atoms with Crippen LogP contribution in [0, 0.1) is 0 Å². The molecule has 2 amide bonds. The number of hydrogen-bond donors (Lipinski definition) is 1. The molecule has 2 saturated heterocycles. The van der Waals surface area contributed by atoms with E-state index in [2.05, 4.69) is 17.3 Å². The molecule has 0 unspecified atom stereocenters. The highest BCUT2D eigenvalue weighted by molar-refractivity contribution is 7.89. The molecule has 6 nitrogen and oxygen atoms in total. The number of nitrogens with one attached hydrogen (secondary N) is 1. The van der Waals surface area contributed by atoms with Gasteiger partial charge in [-0.1, -0.05) is 24.3 Å². The topological polar surface area (TPSA) is 69.7 Å². The van der Waals surface area contributed by atoms with Gasteiger partial charge in [0.15, 0.2) is 9.84 Å². The van der Waals surface area contributed by atoms with E-state index in [9.17, 15) is 13.2 Å². The highest BCUT2D eigenvalue weighted by Crippen LogP contribution is 2.38. The second-order valence-electron chi connectivity index (χ2n) is 7.83. The van der Waals surface area contributed by atoms with E-state index in [1.165, 1.54) is 6.26 Å². The number of likely N-dealkylation sites (tertiary alicyclic amines) is 2. The first-order valence-corrected chi connectivity index (χ1v) is 11.3. The summed E-state index contributed by atoms with van der Waals surface area (Å²) in [6, 6.07) is 7.43. The summed E-state index contributed by atoms with van der Waals surface area (Å²) in [6.45, 7) is 3.32. The average molecular weight is 380 g/mol. The average Bonchev–Trinajstić information content (AvgIpc) is 2.98. The molecule has 26 heavy (non-hydrogen) atoms. The van der Waals surface area contributed by atoms with Crippen molar-refractivity contribution in [2.24, 2.45) is 0 Å². The van der Waals surface area contributed by atoms with Crippen LogP contribution >= 0.6 is 0 Å². The maximum Gasteiger partial charge on any atom is 0.318 e. The molecule has 2 fully saturated rings. The Hall–Kier alpha value is -1.60. The van der Waals surface area contributed by atoms with E-state index in [1.807, 2.05) is 23.1 Å². The minimum Gasteiger partial charge on any atom is -0.334 e. The van der Waals surface area contributed by atoms with E-state index in [1.54, 1.807) is 6.07 Å². The Morgan fingerprint density at radius 3 is 2.54 bits per heavy atom. The zero-order chi connectivity index (χ0) is 18.8. The van der Waals surface area contributed by atoms with Crippen molar-refractivity contribution in [3.63, 3.8) is 0 Å². The molecule has 3 rings (SSSR count). The summed E-state index contributed by atoms with van der Waals surface area (Å²) in [5.74, 6) is 0.0253. The monoisotopic (exact) mass is 379 g/mol. The molecular weight excluding hydrogens is 350 g/mol. The van der Waals surface area contributed by atoms with E-state index in [0.29, 0.717) is 6.54 Å². The molecule has 144 valence electrons. The van der Waals surface area contributed by atoms with Crippen LogP contribution in [0.4, 0.5) is 4.79 Å². The minimum absolute atomic E-state index is 0.000527. The second kappa shape index (κ2) is 7.56. The number of carbonyl (C=O) groups is 1. The lowest BCUT2D eigenvalue weighted by molar-refractivity contribution is 0.0828. The van der Waals surface area contributed by atoms with Gasteiger partial charge in [0.05, 0.1) is 5.75 Å². The largest absolute Gasteiger partial charge is 0.334 e. The lowest BCUT2D eigenvalue weighted by atomic mass is 9.85. The third-order valence-electron chi connectivity index (χ3n) is 5.62. The first kappa shape index (κ1) is 19.2. The first-order chi connectivity index (χ1) is 12.3. The van der Waals surface area contributed by atoms with Crippen molar-refractivity contribution in [3.05, 3.63) is 35.4 Å². The van der Waals surface area contributed by atoms with Gasteiger partial charge >= 0.3 is 6.03 Å². The summed E-state index contributed by atoms with van der Waals surface area (Å²) in [5, 5.41) is 3.04. The van der Waals surface area contributed by atoms with Gasteiger partial charge in [0, 0.05) is 38.0 Å². The number of urea groups is 1. The fourth-order valence-electron chi connectivity index (χ4n) is 4.22. The van der Waals surface area contributed by atoms with Crippen LogP contribution in [-0.2, 0) is 22.1 Å². The molecule has 1 N–H and O–H groups in total. The van der Waals surface area contributed by atoms with Crippen molar-refractivity contribution < 1.29 is 13.2 Å². The van der Waals surface area contributed by atoms with Crippen LogP contribution in [0.1, 0.15) is 36.8 Å². The summed E-state index contributed by atoms with van der Waals surface area (Å²) in [7, 11) is -0.926. The van der Waals surface area contributed by atoms with E-state index < -0.39 is 9.84 Å². The fraction of sp³-hybridized carbons (Fsp3) is 0.632. The van der Waals surface area contributed by atoms with Gasteiger partial charge < -0.3 is 15.1 Å². The third-order valence-corrected chi connectivity index (χ3v) is 6.48. The van der Waals surface area contributed by atoms with Gasteiger partial charge in [-0.3, -0.25) is 0 Å². The van der Waals surface area contributed by atoms with Gasteiger partial charge in [0.25, 0.3) is 0 Å².